The summed E-state index contributed by atoms with van der Waals surface area (Å²) in [7, 11) is 1.63. The summed E-state index contributed by atoms with van der Waals surface area (Å²) in [6, 6.07) is 7.79. The number of aromatic nitrogens is 3. The number of fused-ring (bicyclic) bond motifs is 1. The highest BCUT2D eigenvalue weighted by Gasteiger charge is 2.30. The standard InChI is InChI=1S/C22H17N5O3S2/c1-11-8-16(28)27(22(11)29)26-20-17-12(2)18(13-4-6-14(30-3)7-5-13)32-21(17)25-19(24-20)15-9-23-10-31-15/h4-10H,1-3H3,(H,24,25,26). The summed E-state index contributed by atoms with van der Waals surface area (Å²) in [5.41, 5.74) is 6.99. The average molecular weight is 464 g/mol. The van der Waals surface area contributed by atoms with Crippen LogP contribution < -0.4 is 10.2 Å². The number of ether oxygens (including phenoxy) is 1. The third kappa shape index (κ3) is 3.33. The quantitative estimate of drug-likeness (QED) is 0.437. The van der Waals surface area contributed by atoms with Gasteiger partial charge in [0.2, 0.25) is 0 Å². The second kappa shape index (κ2) is 7.81. The Morgan fingerprint density at radius 1 is 1.09 bits per heavy atom. The van der Waals surface area contributed by atoms with Crippen molar-refractivity contribution in [3.05, 3.63) is 53.2 Å². The number of thiazole rings is 1. The highest BCUT2D eigenvalue weighted by atomic mass is 32.1. The fraction of sp³-hybridized carbons (Fsp3) is 0.136. The van der Waals surface area contributed by atoms with E-state index < -0.39 is 11.8 Å². The lowest BCUT2D eigenvalue weighted by atomic mass is 10.1. The van der Waals surface area contributed by atoms with Crippen molar-refractivity contribution in [2.45, 2.75) is 13.8 Å². The summed E-state index contributed by atoms with van der Waals surface area (Å²) in [6.45, 7) is 3.59. The predicted octanol–water partition coefficient (Wildman–Crippen LogP) is 4.44. The molecule has 1 aliphatic rings. The molecule has 0 fully saturated rings. The van der Waals surface area contributed by atoms with Gasteiger partial charge in [0.05, 0.1) is 22.9 Å². The van der Waals surface area contributed by atoms with Gasteiger partial charge in [0.15, 0.2) is 11.6 Å². The van der Waals surface area contributed by atoms with Gasteiger partial charge in [0, 0.05) is 22.7 Å². The number of carbonyl (C=O) groups is 2. The van der Waals surface area contributed by atoms with Crippen molar-refractivity contribution in [1.29, 1.82) is 0 Å². The Hall–Kier alpha value is -3.63. The molecule has 0 spiro atoms. The first-order valence-corrected chi connectivity index (χ1v) is 11.3. The Morgan fingerprint density at radius 2 is 1.88 bits per heavy atom. The molecule has 3 aromatic heterocycles. The smallest absolute Gasteiger partial charge is 0.275 e. The molecule has 8 nitrogen and oxygen atoms in total. The van der Waals surface area contributed by atoms with Crippen LogP contribution in [0.2, 0.25) is 0 Å². The van der Waals surface area contributed by atoms with Gasteiger partial charge in [-0.2, -0.15) is 5.01 Å². The number of anilines is 1. The van der Waals surface area contributed by atoms with Crippen molar-refractivity contribution in [3.63, 3.8) is 0 Å². The van der Waals surface area contributed by atoms with Crippen LogP contribution in [0.1, 0.15) is 12.5 Å². The maximum Gasteiger partial charge on any atom is 0.275 e. The molecular formula is C22H17N5O3S2. The lowest BCUT2D eigenvalue weighted by molar-refractivity contribution is -0.135. The molecule has 5 rings (SSSR count). The number of methoxy groups -OCH3 is 1. The number of carbonyl (C=O) groups excluding carboxylic acids is 2. The molecule has 160 valence electrons. The minimum Gasteiger partial charge on any atom is -0.497 e. The lowest BCUT2D eigenvalue weighted by Crippen LogP contribution is -2.36. The molecule has 0 aliphatic carbocycles. The third-order valence-electron chi connectivity index (χ3n) is 5.11. The molecule has 1 aromatic carbocycles. The number of aryl methyl sites for hydroxylation is 1. The number of hydrogen-bond acceptors (Lipinski definition) is 9. The zero-order chi connectivity index (χ0) is 22.4. The van der Waals surface area contributed by atoms with Gasteiger partial charge in [0.25, 0.3) is 11.8 Å². The van der Waals surface area contributed by atoms with Gasteiger partial charge in [-0.05, 0) is 49.2 Å². The molecule has 0 atom stereocenters. The first-order valence-electron chi connectivity index (χ1n) is 9.64. The molecule has 0 saturated heterocycles. The predicted molar refractivity (Wildman–Crippen MR) is 124 cm³/mol. The summed E-state index contributed by atoms with van der Waals surface area (Å²) >= 11 is 2.95. The van der Waals surface area contributed by atoms with Gasteiger partial charge in [-0.15, -0.1) is 22.7 Å². The van der Waals surface area contributed by atoms with E-state index in [4.69, 9.17) is 9.72 Å². The molecule has 0 saturated carbocycles. The molecule has 4 aromatic rings. The topological polar surface area (TPSA) is 97.3 Å². The molecule has 10 heteroatoms. The molecular weight excluding hydrogens is 446 g/mol. The summed E-state index contributed by atoms with van der Waals surface area (Å²) in [4.78, 5) is 40.9. The number of hydrogen-bond donors (Lipinski definition) is 1. The van der Waals surface area contributed by atoms with Crippen LogP contribution in [0.15, 0.2) is 47.6 Å². The second-order valence-corrected chi connectivity index (χ2v) is 9.03. The van der Waals surface area contributed by atoms with Gasteiger partial charge in [-0.25, -0.2) is 9.97 Å². The van der Waals surface area contributed by atoms with Crippen LogP contribution in [0.3, 0.4) is 0 Å². The van der Waals surface area contributed by atoms with Gasteiger partial charge >= 0.3 is 0 Å². The zero-order valence-corrected chi connectivity index (χ0v) is 19.0. The van der Waals surface area contributed by atoms with E-state index in [1.165, 1.54) is 28.7 Å². The van der Waals surface area contributed by atoms with Gasteiger partial charge in [-0.3, -0.25) is 20.0 Å². The van der Waals surface area contributed by atoms with Crippen molar-refractivity contribution >= 4 is 50.5 Å². The highest BCUT2D eigenvalue weighted by Crippen LogP contribution is 2.41. The number of benzene rings is 1. The molecule has 0 unspecified atom stereocenters. The molecule has 2 amide bonds. The minimum atomic E-state index is -0.429. The van der Waals surface area contributed by atoms with Crippen LogP contribution in [0.5, 0.6) is 5.75 Å². The second-order valence-electron chi connectivity index (χ2n) is 7.14. The highest BCUT2D eigenvalue weighted by molar-refractivity contribution is 7.22. The Bertz CT molecular complexity index is 1390. The van der Waals surface area contributed by atoms with E-state index in [1.54, 1.807) is 25.7 Å². The van der Waals surface area contributed by atoms with Crippen molar-refractivity contribution < 1.29 is 14.3 Å². The summed E-state index contributed by atoms with van der Waals surface area (Å²) in [5, 5.41) is 1.75. The van der Waals surface area contributed by atoms with E-state index in [0.717, 1.165) is 41.9 Å². The van der Waals surface area contributed by atoms with Gasteiger partial charge in [0.1, 0.15) is 10.6 Å². The van der Waals surface area contributed by atoms with Crippen LogP contribution in [-0.2, 0) is 9.59 Å². The Morgan fingerprint density at radius 3 is 2.50 bits per heavy atom. The Labute approximate surface area is 191 Å². The normalized spacial score (nSPS) is 13.7. The number of imide groups is 1. The van der Waals surface area contributed by atoms with Crippen LogP contribution in [0.25, 0.3) is 31.4 Å². The van der Waals surface area contributed by atoms with E-state index in [9.17, 15) is 9.59 Å². The van der Waals surface area contributed by atoms with E-state index >= 15 is 0 Å². The van der Waals surface area contributed by atoms with Crippen LogP contribution >= 0.6 is 22.7 Å². The van der Waals surface area contributed by atoms with Crippen molar-refractivity contribution in [2.24, 2.45) is 0 Å². The summed E-state index contributed by atoms with van der Waals surface area (Å²) < 4.78 is 5.27. The van der Waals surface area contributed by atoms with Crippen molar-refractivity contribution in [1.82, 2.24) is 20.0 Å². The van der Waals surface area contributed by atoms with Crippen LogP contribution in [-0.4, -0.2) is 38.9 Å². The molecule has 0 radical (unpaired) electrons. The number of hydrazine groups is 1. The fourth-order valence-corrected chi connectivity index (χ4v) is 5.21. The van der Waals surface area contributed by atoms with Crippen LogP contribution in [0, 0.1) is 6.92 Å². The number of amides is 2. The fourth-order valence-electron chi connectivity index (χ4n) is 3.47. The Kier molecular flexibility index (Phi) is 4.95. The lowest BCUT2D eigenvalue weighted by Gasteiger charge is -2.17. The maximum atomic E-state index is 12.5. The Balaban J connectivity index is 1.67. The molecule has 1 N–H and O–H groups in total. The van der Waals surface area contributed by atoms with E-state index in [0.29, 0.717) is 17.2 Å². The van der Waals surface area contributed by atoms with E-state index in [1.807, 2.05) is 31.2 Å². The molecule has 32 heavy (non-hydrogen) atoms. The third-order valence-corrected chi connectivity index (χ3v) is 7.12. The monoisotopic (exact) mass is 463 g/mol. The first-order chi connectivity index (χ1) is 15.5. The number of thiophene rings is 1. The van der Waals surface area contributed by atoms with Crippen LogP contribution in [0.4, 0.5) is 5.82 Å². The average Bonchev–Trinajstić information content (AvgIpc) is 3.50. The first kappa shape index (κ1) is 20.3. The molecule has 4 heterocycles. The number of rotatable bonds is 5. The maximum absolute atomic E-state index is 12.5. The minimum absolute atomic E-state index is 0.372. The number of nitrogens with zero attached hydrogens (tertiary/aromatic N) is 4. The van der Waals surface area contributed by atoms with Gasteiger partial charge in [-0.1, -0.05) is 0 Å². The van der Waals surface area contributed by atoms with Gasteiger partial charge < -0.3 is 4.74 Å². The van der Waals surface area contributed by atoms with Crippen molar-refractivity contribution in [2.75, 3.05) is 12.5 Å². The SMILES string of the molecule is COc1ccc(-c2sc3nc(-c4cncs4)nc(NN4C(=O)C=C(C)C4=O)c3c2C)cc1. The summed E-state index contributed by atoms with van der Waals surface area (Å²) in [5.74, 6) is 0.827. The largest absolute Gasteiger partial charge is 0.497 e. The summed E-state index contributed by atoms with van der Waals surface area (Å²) in [6.07, 6.45) is 3.00. The zero-order valence-electron chi connectivity index (χ0n) is 17.4. The number of nitrogens with one attached hydrogen (secondary N) is 1. The van der Waals surface area contributed by atoms with E-state index in [-0.39, 0.29) is 0 Å². The van der Waals surface area contributed by atoms with Crippen molar-refractivity contribution in [3.8, 4) is 26.9 Å². The van der Waals surface area contributed by atoms with E-state index in [2.05, 4.69) is 15.4 Å². The molecule has 1 aliphatic heterocycles. The molecule has 0 bridgehead atoms.